The van der Waals surface area contributed by atoms with Crippen LogP contribution >= 0.6 is 0 Å². The summed E-state index contributed by atoms with van der Waals surface area (Å²) < 4.78 is 13.8. The van der Waals surface area contributed by atoms with E-state index in [1.54, 1.807) is 31.2 Å². The van der Waals surface area contributed by atoms with Crippen molar-refractivity contribution in [3.05, 3.63) is 42.0 Å². The summed E-state index contributed by atoms with van der Waals surface area (Å²) in [5, 5.41) is 12.2. The number of anilines is 3. The highest BCUT2D eigenvalue weighted by Gasteiger charge is 2.26. The molecule has 2 N–H and O–H groups in total. The molecule has 24 heavy (non-hydrogen) atoms. The van der Waals surface area contributed by atoms with Crippen LogP contribution in [-0.2, 0) is 4.79 Å². The second kappa shape index (κ2) is 6.82. The van der Waals surface area contributed by atoms with Gasteiger partial charge in [0.15, 0.2) is 0 Å². The molecule has 0 saturated carbocycles. The number of aryl methyl sites for hydroxylation is 1. The summed E-state index contributed by atoms with van der Waals surface area (Å²) in [6, 6.07) is 8.09. The summed E-state index contributed by atoms with van der Waals surface area (Å²) in [5.41, 5.74) is 0.337. The number of hydrogen-bond acceptors (Lipinski definition) is 5. The number of nitrogens with zero attached hydrogens (tertiary/aromatic N) is 3. The van der Waals surface area contributed by atoms with E-state index in [2.05, 4.69) is 15.3 Å². The lowest BCUT2D eigenvalue weighted by Crippen LogP contribution is -2.39. The van der Waals surface area contributed by atoms with E-state index in [9.17, 15) is 14.3 Å². The first kappa shape index (κ1) is 16.2. The predicted octanol–water partition coefficient (Wildman–Crippen LogP) is 2.97. The molecule has 1 aliphatic rings. The van der Waals surface area contributed by atoms with Crippen molar-refractivity contribution < 1.29 is 14.3 Å². The third-order valence-electron chi connectivity index (χ3n) is 4.06. The number of carboxylic acids is 1. The lowest BCUT2D eigenvalue weighted by molar-refractivity contribution is -0.141. The van der Waals surface area contributed by atoms with E-state index in [0.29, 0.717) is 36.1 Å². The van der Waals surface area contributed by atoms with Gasteiger partial charge in [-0.2, -0.15) is 0 Å². The molecule has 1 atom stereocenters. The molecule has 2 aromatic rings. The Kier molecular flexibility index (Phi) is 4.59. The quantitative estimate of drug-likeness (QED) is 0.897. The van der Waals surface area contributed by atoms with E-state index in [1.807, 2.05) is 4.90 Å². The molecule has 0 bridgehead atoms. The average Bonchev–Trinajstić information content (AvgIpc) is 2.56. The van der Waals surface area contributed by atoms with Crippen molar-refractivity contribution >= 4 is 23.3 Å². The maximum absolute atomic E-state index is 13.8. The molecule has 3 rings (SSSR count). The van der Waals surface area contributed by atoms with Crippen LogP contribution in [0, 0.1) is 18.7 Å². The van der Waals surface area contributed by atoms with Crippen LogP contribution in [0.15, 0.2) is 30.3 Å². The topological polar surface area (TPSA) is 78.4 Å². The van der Waals surface area contributed by atoms with Gasteiger partial charge in [-0.05, 0) is 31.9 Å². The van der Waals surface area contributed by atoms with Crippen LogP contribution in [0.2, 0.25) is 0 Å². The predicted molar refractivity (Wildman–Crippen MR) is 89.0 cm³/mol. The fourth-order valence-corrected chi connectivity index (χ4v) is 2.87. The highest BCUT2D eigenvalue weighted by Crippen LogP contribution is 2.25. The van der Waals surface area contributed by atoms with Gasteiger partial charge in [-0.25, -0.2) is 14.4 Å². The van der Waals surface area contributed by atoms with Gasteiger partial charge in [0, 0.05) is 19.2 Å². The van der Waals surface area contributed by atoms with Crippen LogP contribution in [0.5, 0.6) is 0 Å². The fraction of sp³-hybridized carbons (Fsp3) is 0.353. The number of aromatic nitrogens is 2. The molecule has 1 aliphatic heterocycles. The fourth-order valence-electron chi connectivity index (χ4n) is 2.87. The normalized spacial score (nSPS) is 17.6. The molecular weight excluding hydrogens is 311 g/mol. The van der Waals surface area contributed by atoms with Crippen LogP contribution in [0.25, 0.3) is 0 Å². The number of halogens is 1. The second-order valence-corrected chi connectivity index (χ2v) is 5.89. The second-order valence-electron chi connectivity index (χ2n) is 5.89. The van der Waals surface area contributed by atoms with Crippen molar-refractivity contribution in [3.8, 4) is 0 Å². The van der Waals surface area contributed by atoms with E-state index in [0.717, 1.165) is 13.0 Å². The highest BCUT2D eigenvalue weighted by atomic mass is 19.1. The molecule has 0 amide bonds. The zero-order valence-electron chi connectivity index (χ0n) is 13.4. The Bertz CT molecular complexity index is 753. The third-order valence-corrected chi connectivity index (χ3v) is 4.06. The summed E-state index contributed by atoms with van der Waals surface area (Å²) >= 11 is 0. The maximum atomic E-state index is 13.8. The number of hydrogen-bond donors (Lipinski definition) is 2. The number of para-hydroxylation sites is 1. The van der Waals surface area contributed by atoms with Crippen molar-refractivity contribution in [1.82, 2.24) is 9.97 Å². The summed E-state index contributed by atoms with van der Waals surface area (Å²) in [6.07, 6.45) is 1.48. The monoisotopic (exact) mass is 330 g/mol. The Morgan fingerprint density at radius 1 is 1.38 bits per heavy atom. The molecule has 1 fully saturated rings. The summed E-state index contributed by atoms with van der Waals surface area (Å²) in [7, 11) is 0. The Balaban J connectivity index is 1.84. The minimum Gasteiger partial charge on any atom is -0.481 e. The van der Waals surface area contributed by atoms with E-state index in [4.69, 9.17) is 0 Å². The first-order valence-electron chi connectivity index (χ1n) is 7.88. The third kappa shape index (κ3) is 3.61. The van der Waals surface area contributed by atoms with Crippen molar-refractivity contribution in [2.75, 3.05) is 23.3 Å². The summed E-state index contributed by atoms with van der Waals surface area (Å²) in [4.78, 5) is 21.9. The molecule has 0 spiro atoms. The molecule has 0 aliphatic carbocycles. The molecule has 126 valence electrons. The number of carbonyl (C=O) groups is 1. The molecular formula is C17H19FN4O2. The maximum Gasteiger partial charge on any atom is 0.308 e. The standard InChI is InChI=1S/C17H19FN4O2/c1-11-19-15(21-14-7-3-2-6-13(14)18)9-16(20-11)22-8-4-5-12(10-22)17(23)24/h2-3,6-7,9,12H,4-5,8,10H2,1H3,(H,23,24)(H,19,20,21)/t12-/m0/s1. The molecule has 2 heterocycles. The Morgan fingerprint density at radius 2 is 2.17 bits per heavy atom. The van der Waals surface area contributed by atoms with Crippen LogP contribution < -0.4 is 10.2 Å². The molecule has 1 saturated heterocycles. The summed E-state index contributed by atoms with van der Waals surface area (Å²) in [5.74, 6) is 0.155. The van der Waals surface area contributed by atoms with E-state index in [1.165, 1.54) is 6.07 Å². The van der Waals surface area contributed by atoms with Crippen LogP contribution in [-0.4, -0.2) is 34.1 Å². The lowest BCUT2D eigenvalue weighted by Gasteiger charge is -2.31. The molecule has 1 aromatic heterocycles. The largest absolute Gasteiger partial charge is 0.481 e. The minimum atomic E-state index is -0.782. The van der Waals surface area contributed by atoms with Crippen LogP contribution in [0.3, 0.4) is 0 Å². The van der Waals surface area contributed by atoms with Crippen molar-refractivity contribution in [3.63, 3.8) is 0 Å². The smallest absolute Gasteiger partial charge is 0.308 e. The van der Waals surface area contributed by atoms with Gasteiger partial charge >= 0.3 is 5.97 Å². The molecule has 6 nitrogen and oxygen atoms in total. The Morgan fingerprint density at radius 3 is 2.92 bits per heavy atom. The van der Waals surface area contributed by atoms with Crippen molar-refractivity contribution in [1.29, 1.82) is 0 Å². The average molecular weight is 330 g/mol. The van der Waals surface area contributed by atoms with Gasteiger partial charge in [0.2, 0.25) is 0 Å². The summed E-state index contributed by atoms with van der Waals surface area (Å²) in [6.45, 7) is 2.93. The van der Waals surface area contributed by atoms with Gasteiger partial charge in [-0.1, -0.05) is 12.1 Å². The first-order chi connectivity index (χ1) is 11.5. The SMILES string of the molecule is Cc1nc(Nc2ccccc2F)cc(N2CCC[C@H](C(=O)O)C2)n1. The number of piperidine rings is 1. The van der Waals surface area contributed by atoms with E-state index >= 15 is 0 Å². The molecule has 1 aromatic carbocycles. The Hall–Kier alpha value is -2.70. The number of rotatable bonds is 4. The van der Waals surface area contributed by atoms with Crippen molar-refractivity contribution in [2.45, 2.75) is 19.8 Å². The minimum absolute atomic E-state index is 0.337. The zero-order valence-corrected chi connectivity index (χ0v) is 13.4. The highest BCUT2D eigenvalue weighted by molar-refractivity contribution is 5.71. The van der Waals surface area contributed by atoms with Crippen molar-refractivity contribution in [2.24, 2.45) is 5.92 Å². The molecule has 7 heteroatoms. The van der Waals surface area contributed by atoms with Gasteiger partial charge in [-0.15, -0.1) is 0 Å². The van der Waals surface area contributed by atoms with Gasteiger partial charge in [0.1, 0.15) is 23.3 Å². The number of carboxylic acid groups (broad SMARTS) is 1. The molecule has 0 unspecified atom stereocenters. The number of benzene rings is 1. The van der Waals surface area contributed by atoms with Crippen LogP contribution in [0.1, 0.15) is 18.7 Å². The number of aliphatic carboxylic acids is 1. The lowest BCUT2D eigenvalue weighted by atomic mass is 9.98. The van der Waals surface area contributed by atoms with E-state index in [-0.39, 0.29) is 5.82 Å². The van der Waals surface area contributed by atoms with Gasteiger partial charge in [0.25, 0.3) is 0 Å². The van der Waals surface area contributed by atoms with Gasteiger partial charge in [0.05, 0.1) is 11.6 Å². The van der Waals surface area contributed by atoms with Crippen LogP contribution in [0.4, 0.5) is 21.7 Å². The van der Waals surface area contributed by atoms with Gasteiger partial charge in [-0.3, -0.25) is 4.79 Å². The van der Waals surface area contributed by atoms with Gasteiger partial charge < -0.3 is 15.3 Å². The zero-order chi connectivity index (χ0) is 17.1. The Labute approximate surface area is 139 Å². The van der Waals surface area contributed by atoms with E-state index < -0.39 is 11.9 Å². The molecule has 0 radical (unpaired) electrons. The number of nitrogens with one attached hydrogen (secondary N) is 1. The first-order valence-corrected chi connectivity index (χ1v) is 7.88.